The summed E-state index contributed by atoms with van der Waals surface area (Å²) in [5.41, 5.74) is 2.20. The second-order valence-corrected chi connectivity index (χ2v) is 11.1. The van der Waals surface area contributed by atoms with Crippen LogP contribution in [0.2, 0.25) is 0 Å². The van der Waals surface area contributed by atoms with E-state index >= 15 is 0 Å². The minimum atomic E-state index is -4.12. The zero-order valence-electron chi connectivity index (χ0n) is 23.0. The van der Waals surface area contributed by atoms with Crippen molar-refractivity contribution in [2.75, 3.05) is 24.5 Å². The summed E-state index contributed by atoms with van der Waals surface area (Å²) in [6.45, 7) is 5.92. The van der Waals surface area contributed by atoms with Crippen molar-refractivity contribution in [3.8, 4) is 5.75 Å². The van der Waals surface area contributed by atoms with Gasteiger partial charge in [0.2, 0.25) is 11.8 Å². The molecule has 3 aromatic carbocycles. The molecule has 0 aliphatic rings. The Labute approximate surface area is 231 Å². The summed E-state index contributed by atoms with van der Waals surface area (Å²) < 4.78 is 34.1. The molecule has 3 aromatic rings. The fourth-order valence-electron chi connectivity index (χ4n) is 4.19. The van der Waals surface area contributed by atoms with E-state index in [1.165, 1.54) is 24.1 Å². The van der Waals surface area contributed by atoms with Crippen molar-refractivity contribution in [1.29, 1.82) is 0 Å². The number of aryl methyl sites for hydroxylation is 1. The first-order valence-electron chi connectivity index (χ1n) is 13.1. The molecule has 0 bridgehead atoms. The Hall–Kier alpha value is -3.85. The van der Waals surface area contributed by atoms with E-state index < -0.39 is 28.5 Å². The second-order valence-electron chi connectivity index (χ2n) is 9.25. The van der Waals surface area contributed by atoms with Crippen molar-refractivity contribution in [3.63, 3.8) is 0 Å². The predicted molar refractivity (Wildman–Crippen MR) is 153 cm³/mol. The van der Waals surface area contributed by atoms with Crippen LogP contribution in [0.15, 0.2) is 83.8 Å². The number of anilines is 1. The van der Waals surface area contributed by atoms with Crippen molar-refractivity contribution in [2.24, 2.45) is 0 Å². The number of methoxy groups -OCH3 is 1. The molecule has 39 heavy (non-hydrogen) atoms. The van der Waals surface area contributed by atoms with Crippen LogP contribution in [0.3, 0.4) is 0 Å². The van der Waals surface area contributed by atoms with Gasteiger partial charge in [-0.25, -0.2) is 8.42 Å². The maximum Gasteiger partial charge on any atom is 0.264 e. The Morgan fingerprint density at radius 1 is 0.949 bits per heavy atom. The maximum absolute atomic E-state index is 14.0. The number of amides is 2. The minimum Gasteiger partial charge on any atom is -0.497 e. The molecule has 9 heteroatoms. The van der Waals surface area contributed by atoms with Gasteiger partial charge in [-0.2, -0.15) is 0 Å². The molecule has 1 N–H and O–H groups in total. The third-order valence-electron chi connectivity index (χ3n) is 6.36. The van der Waals surface area contributed by atoms with Crippen LogP contribution in [-0.4, -0.2) is 51.4 Å². The number of nitrogens with one attached hydrogen (secondary N) is 1. The Bertz CT molecular complexity index is 1340. The molecule has 8 nitrogen and oxygen atoms in total. The van der Waals surface area contributed by atoms with E-state index in [4.69, 9.17) is 4.74 Å². The highest BCUT2D eigenvalue weighted by Gasteiger charge is 2.33. The van der Waals surface area contributed by atoms with Crippen LogP contribution in [0.1, 0.15) is 37.8 Å². The van der Waals surface area contributed by atoms with E-state index in [2.05, 4.69) is 5.32 Å². The lowest BCUT2D eigenvalue weighted by Crippen LogP contribution is -2.52. The van der Waals surface area contributed by atoms with E-state index in [0.29, 0.717) is 18.7 Å². The van der Waals surface area contributed by atoms with Crippen LogP contribution in [-0.2, 0) is 26.2 Å². The topological polar surface area (TPSA) is 96.0 Å². The zero-order chi connectivity index (χ0) is 28.4. The summed E-state index contributed by atoms with van der Waals surface area (Å²) in [6.07, 6.45) is 1.13. The van der Waals surface area contributed by atoms with Crippen molar-refractivity contribution in [1.82, 2.24) is 10.2 Å². The number of nitrogens with zero attached hydrogens (tertiary/aromatic N) is 2. The molecule has 0 aromatic heterocycles. The maximum atomic E-state index is 14.0. The number of sulfonamides is 1. The first-order valence-corrected chi connectivity index (χ1v) is 14.5. The van der Waals surface area contributed by atoms with E-state index in [-0.39, 0.29) is 23.0 Å². The van der Waals surface area contributed by atoms with E-state index in [1.54, 1.807) is 42.5 Å². The van der Waals surface area contributed by atoms with Gasteiger partial charge in [-0.3, -0.25) is 13.9 Å². The molecule has 0 heterocycles. The largest absolute Gasteiger partial charge is 0.497 e. The number of benzene rings is 3. The lowest BCUT2D eigenvalue weighted by atomic mass is 10.1. The zero-order valence-corrected chi connectivity index (χ0v) is 23.8. The first kappa shape index (κ1) is 29.7. The molecule has 3 rings (SSSR count). The molecular formula is C30H37N3O5S. The standard InChI is InChI=1S/C30H37N3O5S/c1-5-19-31-30(35)28(6-2)32(21-24-17-15-23(3)16-18-24)29(34)22-33(25-11-10-12-26(20-25)38-4)39(36,37)27-13-8-7-9-14-27/h7-18,20,28H,5-6,19,21-22H2,1-4H3,(H,31,35)/t28-/m1/s1. The lowest BCUT2D eigenvalue weighted by Gasteiger charge is -2.33. The third-order valence-corrected chi connectivity index (χ3v) is 8.15. The smallest absolute Gasteiger partial charge is 0.264 e. The van der Waals surface area contributed by atoms with Crippen molar-refractivity contribution >= 4 is 27.5 Å². The van der Waals surface area contributed by atoms with Gasteiger partial charge in [-0.1, -0.05) is 67.9 Å². The van der Waals surface area contributed by atoms with Gasteiger partial charge in [0.05, 0.1) is 17.7 Å². The highest BCUT2D eigenvalue weighted by molar-refractivity contribution is 7.92. The fraction of sp³-hybridized carbons (Fsp3) is 0.333. The van der Waals surface area contributed by atoms with Crippen LogP contribution >= 0.6 is 0 Å². The van der Waals surface area contributed by atoms with Gasteiger partial charge in [0, 0.05) is 19.2 Å². The molecule has 0 saturated heterocycles. The number of carbonyl (C=O) groups is 2. The Morgan fingerprint density at radius 2 is 1.64 bits per heavy atom. The molecule has 0 fully saturated rings. The average molecular weight is 552 g/mol. The normalized spacial score (nSPS) is 11.9. The van der Waals surface area contributed by atoms with Crippen LogP contribution in [0, 0.1) is 6.92 Å². The number of hydrogen-bond acceptors (Lipinski definition) is 5. The first-order chi connectivity index (χ1) is 18.7. The third kappa shape index (κ3) is 7.60. The molecule has 0 spiro atoms. The summed E-state index contributed by atoms with van der Waals surface area (Å²) in [4.78, 5) is 28.7. The predicted octanol–water partition coefficient (Wildman–Crippen LogP) is 4.53. The van der Waals surface area contributed by atoms with Gasteiger partial charge < -0.3 is 15.0 Å². The average Bonchev–Trinajstić information content (AvgIpc) is 2.95. The molecule has 0 aliphatic carbocycles. The summed E-state index contributed by atoms with van der Waals surface area (Å²) in [6, 6.07) is 21.5. The summed E-state index contributed by atoms with van der Waals surface area (Å²) in [5, 5.41) is 2.89. The number of ether oxygens (including phenoxy) is 1. The Morgan fingerprint density at radius 3 is 2.26 bits per heavy atom. The molecule has 1 atom stereocenters. The number of carbonyl (C=O) groups excluding carboxylic acids is 2. The molecule has 0 radical (unpaired) electrons. The van der Waals surface area contributed by atoms with Crippen molar-refractivity contribution in [3.05, 3.63) is 90.0 Å². The molecule has 208 valence electrons. The van der Waals surface area contributed by atoms with Crippen LogP contribution in [0.4, 0.5) is 5.69 Å². The van der Waals surface area contributed by atoms with Crippen LogP contribution in [0.5, 0.6) is 5.75 Å². The van der Waals surface area contributed by atoms with Gasteiger partial charge >= 0.3 is 0 Å². The van der Waals surface area contributed by atoms with Gasteiger partial charge in [-0.05, 0) is 49.6 Å². The highest BCUT2D eigenvalue weighted by Crippen LogP contribution is 2.27. The summed E-state index contributed by atoms with van der Waals surface area (Å²) in [7, 11) is -2.63. The fourth-order valence-corrected chi connectivity index (χ4v) is 5.62. The monoisotopic (exact) mass is 551 g/mol. The van der Waals surface area contributed by atoms with Crippen molar-refractivity contribution in [2.45, 2.75) is 51.1 Å². The quantitative estimate of drug-likeness (QED) is 0.337. The number of hydrogen-bond donors (Lipinski definition) is 1. The summed E-state index contributed by atoms with van der Waals surface area (Å²) >= 11 is 0. The van der Waals surface area contributed by atoms with Gasteiger partial charge in [0.25, 0.3) is 10.0 Å². The SMILES string of the molecule is CCCNC(=O)[C@@H](CC)N(Cc1ccc(C)cc1)C(=O)CN(c1cccc(OC)c1)S(=O)(=O)c1ccccc1. The van der Waals surface area contributed by atoms with Crippen LogP contribution in [0.25, 0.3) is 0 Å². The summed E-state index contributed by atoms with van der Waals surface area (Å²) in [5.74, 6) is -0.301. The Kier molecular flexibility index (Phi) is 10.5. The molecule has 0 unspecified atom stereocenters. The van der Waals surface area contributed by atoms with E-state index in [0.717, 1.165) is 21.9 Å². The molecule has 0 aliphatic heterocycles. The molecule has 2 amide bonds. The minimum absolute atomic E-state index is 0.0541. The highest BCUT2D eigenvalue weighted by atomic mass is 32.2. The lowest BCUT2D eigenvalue weighted by molar-refractivity contribution is -0.140. The van der Waals surface area contributed by atoms with Gasteiger partial charge in [0.1, 0.15) is 18.3 Å². The second kappa shape index (κ2) is 13.8. The van der Waals surface area contributed by atoms with Gasteiger partial charge in [-0.15, -0.1) is 0 Å². The van der Waals surface area contributed by atoms with E-state index in [9.17, 15) is 18.0 Å². The molecule has 0 saturated carbocycles. The number of rotatable bonds is 13. The Balaban J connectivity index is 2.05. The van der Waals surface area contributed by atoms with Gasteiger partial charge in [0.15, 0.2) is 0 Å². The van der Waals surface area contributed by atoms with Crippen LogP contribution < -0.4 is 14.4 Å². The molecular weight excluding hydrogens is 514 g/mol. The van der Waals surface area contributed by atoms with E-state index in [1.807, 2.05) is 45.0 Å². The van der Waals surface area contributed by atoms with Crippen molar-refractivity contribution < 1.29 is 22.7 Å².